The fraction of sp³-hybridized carbons (Fsp3) is 0.467. The molecule has 114 valence electrons. The summed E-state index contributed by atoms with van der Waals surface area (Å²) >= 11 is 0. The number of nitrogens with one attached hydrogen (secondary N) is 2. The topological polar surface area (TPSA) is 59.1 Å². The Morgan fingerprint density at radius 2 is 2.05 bits per heavy atom. The Balaban J connectivity index is 0.00000161. The first-order chi connectivity index (χ1) is 9.86. The SMILES string of the molecule is CNc1nc2ccccc2nc1OCC1CCCNC1.Cl. The number of piperidine rings is 1. The third-order valence-electron chi connectivity index (χ3n) is 3.63. The zero-order valence-corrected chi connectivity index (χ0v) is 12.9. The molecule has 21 heavy (non-hydrogen) atoms. The first kappa shape index (κ1) is 15.8. The minimum Gasteiger partial charge on any atom is -0.475 e. The highest BCUT2D eigenvalue weighted by atomic mass is 35.5. The van der Waals surface area contributed by atoms with Crippen molar-refractivity contribution in [2.24, 2.45) is 5.92 Å². The molecule has 1 aromatic carbocycles. The molecule has 0 aliphatic carbocycles. The molecule has 2 heterocycles. The Kier molecular flexibility index (Phi) is 5.59. The lowest BCUT2D eigenvalue weighted by molar-refractivity contribution is 0.213. The van der Waals surface area contributed by atoms with Crippen molar-refractivity contribution < 1.29 is 4.74 Å². The molecular formula is C15H21ClN4O. The van der Waals surface area contributed by atoms with E-state index in [9.17, 15) is 0 Å². The number of hydrogen-bond donors (Lipinski definition) is 2. The second-order valence-electron chi connectivity index (χ2n) is 5.14. The molecule has 0 amide bonds. The summed E-state index contributed by atoms with van der Waals surface area (Å²) in [6.07, 6.45) is 2.43. The maximum Gasteiger partial charge on any atom is 0.258 e. The first-order valence-electron chi connectivity index (χ1n) is 7.15. The fourth-order valence-corrected chi connectivity index (χ4v) is 2.51. The number of fused-ring (bicyclic) bond motifs is 1. The minimum atomic E-state index is 0. The molecule has 1 unspecified atom stereocenters. The molecule has 5 nitrogen and oxygen atoms in total. The van der Waals surface area contributed by atoms with Gasteiger partial charge < -0.3 is 15.4 Å². The highest BCUT2D eigenvalue weighted by Crippen LogP contribution is 2.24. The van der Waals surface area contributed by atoms with E-state index in [0.717, 1.165) is 24.1 Å². The molecule has 1 aromatic heterocycles. The summed E-state index contributed by atoms with van der Waals surface area (Å²) < 4.78 is 5.90. The maximum absolute atomic E-state index is 5.90. The lowest BCUT2D eigenvalue weighted by atomic mass is 10.0. The molecule has 2 N–H and O–H groups in total. The summed E-state index contributed by atoms with van der Waals surface area (Å²) in [4.78, 5) is 9.11. The number of benzene rings is 1. The van der Waals surface area contributed by atoms with Crippen LogP contribution in [0.25, 0.3) is 11.0 Å². The summed E-state index contributed by atoms with van der Waals surface area (Å²) in [5, 5.41) is 6.46. The average molecular weight is 309 g/mol. The van der Waals surface area contributed by atoms with E-state index in [1.165, 1.54) is 12.8 Å². The van der Waals surface area contributed by atoms with Crippen molar-refractivity contribution in [2.75, 3.05) is 32.1 Å². The van der Waals surface area contributed by atoms with Crippen LogP contribution < -0.4 is 15.4 Å². The molecule has 0 spiro atoms. The van der Waals surface area contributed by atoms with Gasteiger partial charge in [0.25, 0.3) is 5.88 Å². The second kappa shape index (κ2) is 7.43. The van der Waals surface area contributed by atoms with Gasteiger partial charge in [0.15, 0.2) is 5.82 Å². The standard InChI is InChI=1S/C15H20N4O.ClH/c1-16-14-15(20-10-11-5-4-8-17-9-11)19-13-7-3-2-6-12(13)18-14;/h2-3,6-7,11,17H,4-5,8-10H2,1H3,(H,16,18);1H. The smallest absolute Gasteiger partial charge is 0.258 e. The van der Waals surface area contributed by atoms with Gasteiger partial charge in [0.05, 0.1) is 17.6 Å². The Labute approximate surface area is 130 Å². The number of para-hydroxylation sites is 2. The molecule has 1 atom stereocenters. The van der Waals surface area contributed by atoms with Crippen LogP contribution in [0.4, 0.5) is 5.82 Å². The van der Waals surface area contributed by atoms with Crippen molar-refractivity contribution in [3.05, 3.63) is 24.3 Å². The van der Waals surface area contributed by atoms with Crippen molar-refractivity contribution in [1.82, 2.24) is 15.3 Å². The third-order valence-corrected chi connectivity index (χ3v) is 3.63. The van der Waals surface area contributed by atoms with Crippen molar-refractivity contribution in [3.8, 4) is 5.88 Å². The zero-order chi connectivity index (χ0) is 13.8. The lowest BCUT2D eigenvalue weighted by Gasteiger charge is -2.22. The fourth-order valence-electron chi connectivity index (χ4n) is 2.51. The van der Waals surface area contributed by atoms with Crippen LogP contribution in [0, 0.1) is 5.92 Å². The molecule has 2 aromatic rings. The van der Waals surface area contributed by atoms with Gasteiger partial charge in [0.2, 0.25) is 0 Å². The zero-order valence-electron chi connectivity index (χ0n) is 12.1. The van der Waals surface area contributed by atoms with Crippen LogP contribution in [0.3, 0.4) is 0 Å². The van der Waals surface area contributed by atoms with Crippen LogP contribution in [0.15, 0.2) is 24.3 Å². The molecule has 0 radical (unpaired) electrons. The largest absolute Gasteiger partial charge is 0.475 e. The van der Waals surface area contributed by atoms with Crippen molar-refractivity contribution in [1.29, 1.82) is 0 Å². The van der Waals surface area contributed by atoms with Crippen molar-refractivity contribution in [3.63, 3.8) is 0 Å². The van der Waals surface area contributed by atoms with E-state index in [1.807, 2.05) is 31.3 Å². The van der Waals surface area contributed by atoms with E-state index < -0.39 is 0 Å². The Bertz CT molecular complexity index is 587. The molecular weight excluding hydrogens is 288 g/mol. The third kappa shape index (κ3) is 3.74. The molecule has 0 saturated carbocycles. The van der Waals surface area contributed by atoms with Crippen molar-refractivity contribution in [2.45, 2.75) is 12.8 Å². The van der Waals surface area contributed by atoms with Crippen LogP contribution in [-0.4, -0.2) is 36.7 Å². The Morgan fingerprint density at radius 1 is 1.29 bits per heavy atom. The molecule has 3 rings (SSSR count). The van der Waals surface area contributed by atoms with Gasteiger partial charge in [-0.25, -0.2) is 9.97 Å². The normalized spacial score (nSPS) is 18.0. The van der Waals surface area contributed by atoms with E-state index in [2.05, 4.69) is 20.6 Å². The second-order valence-corrected chi connectivity index (χ2v) is 5.14. The summed E-state index contributed by atoms with van der Waals surface area (Å²) in [7, 11) is 1.84. The van der Waals surface area contributed by atoms with Crippen molar-refractivity contribution >= 4 is 29.3 Å². The Hall–Kier alpha value is -1.59. The summed E-state index contributed by atoms with van der Waals surface area (Å²) in [6.45, 7) is 2.83. The highest BCUT2D eigenvalue weighted by Gasteiger charge is 2.15. The van der Waals surface area contributed by atoms with E-state index >= 15 is 0 Å². The monoisotopic (exact) mass is 308 g/mol. The van der Waals surface area contributed by atoms with Gasteiger partial charge in [-0.2, -0.15) is 0 Å². The van der Waals surface area contributed by atoms with E-state index in [4.69, 9.17) is 4.74 Å². The lowest BCUT2D eigenvalue weighted by Crippen LogP contribution is -2.33. The van der Waals surface area contributed by atoms with Gasteiger partial charge in [-0.1, -0.05) is 12.1 Å². The maximum atomic E-state index is 5.90. The van der Waals surface area contributed by atoms with Crippen LogP contribution in [-0.2, 0) is 0 Å². The number of hydrogen-bond acceptors (Lipinski definition) is 5. The summed E-state index contributed by atoms with van der Waals surface area (Å²) in [5.74, 6) is 1.85. The van der Waals surface area contributed by atoms with Crippen LogP contribution in [0.1, 0.15) is 12.8 Å². The number of nitrogens with zero attached hydrogens (tertiary/aromatic N) is 2. The molecule has 1 saturated heterocycles. The van der Waals surface area contributed by atoms with Crippen LogP contribution >= 0.6 is 12.4 Å². The van der Waals surface area contributed by atoms with Crippen LogP contribution in [0.5, 0.6) is 5.88 Å². The van der Waals surface area contributed by atoms with Gasteiger partial charge in [0, 0.05) is 19.5 Å². The van der Waals surface area contributed by atoms with Gasteiger partial charge in [-0.15, -0.1) is 12.4 Å². The molecule has 1 fully saturated rings. The van der Waals surface area contributed by atoms with Gasteiger partial charge in [-0.3, -0.25) is 0 Å². The molecule has 1 aliphatic heterocycles. The highest BCUT2D eigenvalue weighted by molar-refractivity contribution is 5.85. The molecule has 0 bridgehead atoms. The van der Waals surface area contributed by atoms with E-state index in [0.29, 0.717) is 24.2 Å². The number of halogens is 1. The predicted octanol–water partition coefficient (Wildman–Crippen LogP) is 2.47. The van der Waals surface area contributed by atoms with Gasteiger partial charge >= 0.3 is 0 Å². The van der Waals surface area contributed by atoms with E-state index in [-0.39, 0.29) is 12.4 Å². The number of rotatable bonds is 4. The number of anilines is 1. The quantitative estimate of drug-likeness (QED) is 0.908. The minimum absolute atomic E-state index is 0. The summed E-state index contributed by atoms with van der Waals surface area (Å²) in [5.41, 5.74) is 1.74. The van der Waals surface area contributed by atoms with E-state index in [1.54, 1.807) is 0 Å². The molecule has 1 aliphatic rings. The number of aromatic nitrogens is 2. The summed E-state index contributed by atoms with van der Waals surface area (Å²) in [6, 6.07) is 7.84. The number of ether oxygens (including phenoxy) is 1. The van der Waals surface area contributed by atoms with Gasteiger partial charge in [-0.05, 0) is 31.5 Å². The van der Waals surface area contributed by atoms with Gasteiger partial charge in [0.1, 0.15) is 0 Å². The average Bonchev–Trinajstić information content (AvgIpc) is 2.53. The first-order valence-corrected chi connectivity index (χ1v) is 7.15. The van der Waals surface area contributed by atoms with Crippen LogP contribution in [0.2, 0.25) is 0 Å². The Morgan fingerprint density at radius 3 is 2.71 bits per heavy atom. The predicted molar refractivity (Wildman–Crippen MR) is 87.4 cm³/mol. The molecule has 6 heteroatoms.